The van der Waals surface area contributed by atoms with Crippen LogP contribution in [0, 0.1) is 0 Å². The molecule has 0 bridgehead atoms. The highest BCUT2D eigenvalue weighted by molar-refractivity contribution is 7.99. The molecule has 7 heteroatoms. The molecule has 1 saturated heterocycles. The van der Waals surface area contributed by atoms with Crippen LogP contribution < -0.4 is 10.0 Å². The number of sulfonamides is 1. The van der Waals surface area contributed by atoms with E-state index in [0.717, 1.165) is 48.7 Å². The van der Waals surface area contributed by atoms with E-state index in [1.807, 2.05) is 17.8 Å². The second-order valence-electron chi connectivity index (χ2n) is 4.86. The smallest absolute Gasteiger partial charge is 0.250 e. The third kappa shape index (κ3) is 4.73. The van der Waals surface area contributed by atoms with E-state index in [-0.39, 0.29) is 6.04 Å². The van der Waals surface area contributed by atoms with Crippen molar-refractivity contribution in [3.63, 3.8) is 0 Å². The van der Waals surface area contributed by atoms with Crippen molar-refractivity contribution < 1.29 is 8.42 Å². The van der Waals surface area contributed by atoms with Crippen LogP contribution in [0.15, 0.2) is 16.3 Å². The predicted molar refractivity (Wildman–Crippen MR) is 87.2 cm³/mol. The van der Waals surface area contributed by atoms with E-state index in [1.54, 1.807) is 6.07 Å². The number of likely N-dealkylation sites (N-methyl/N-ethyl adjacent to an activating group) is 1. The highest BCUT2D eigenvalue weighted by atomic mass is 32.2. The number of thiophene rings is 1. The van der Waals surface area contributed by atoms with Crippen molar-refractivity contribution in [1.82, 2.24) is 10.0 Å². The van der Waals surface area contributed by atoms with E-state index in [0.29, 0.717) is 4.21 Å². The highest BCUT2D eigenvalue weighted by Crippen LogP contribution is 2.24. The summed E-state index contributed by atoms with van der Waals surface area (Å²) in [6, 6.07) is 3.74. The maximum Gasteiger partial charge on any atom is 0.250 e. The zero-order chi connectivity index (χ0) is 14.4. The molecule has 2 heterocycles. The first-order chi connectivity index (χ1) is 9.62. The van der Waals surface area contributed by atoms with Gasteiger partial charge in [-0.25, -0.2) is 13.1 Å². The van der Waals surface area contributed by atoms with Gasteiger partial charge in [0.25, 0.3) is 0 Å². The van der Waals surface area contributed by atoms with Gasteiger partial charge in [0.15, 0.2) is 0 Å². The Balaban J connectivity index is 1.94. The lowest BCUT2D eigenvalue weighted by Gasteiger charge is -2.21. The molecule has 0 aromatic carbocycles. The lowest BCUT2D eigenvalue weighted by atomic mass is 10.2. The number of hydrogen-bond donors (Lipinski definition) is 2. The Labute approximate surface area is 129 Å². The minimum absolute atomic E-state index is 0.0889. The Kier molecular flexibility index (Phi) is 6.35. The fraction of sp³-hybridized carbons (Fsp3) is 0.692. The van der Waals surface area contributed by atoms with E-state index in [9.17, 15) is 8.42 Å². The molecule has 0 radical (unpaired) electrons. The molecule has 4 nitrogen and oxygen atoms in total. The zero-order valence-electron chi connectivity index (χ0n) is 11.7. The monoisotopic (exact) mass is 334 g/mol. The molecular formula is C13H22N2O2S3. The molecule has 0 spiro atoms. The van der Waals surface area contributed by atoms with Crippen molar-refractivity contribution in [2.45, 2.75) is 36.4 Å². The van der Waals surface area contributed by atoms with Gasteiger partial charge >= 0.3 is 0 Å². The van der Waals surface area contributed by atoms with Crippen LogP contribution in [-0.4, -0.2) is 39.1 Å². The average molecular weight is 335 g/mol. The van der Waals surface area contributed by atoms with Crippen molar-refractivity contribution in [1.29, 1.82) is 0 Å². The molecule has 0 aliphatic carbocycles. The maximum absolute atomic E-state index is 12.3. The summed E-state index contributed by atoms with van der Waals surface area (Å²) in [6.45, 7) is 3.90. The SMILES string of the molecule is CCNCCc1ccc(S(=O)(=O)NC2CCCSC2)s1. The van der Waals surface area contributed by atoms with Gasteiger partial charge < -0.3 is 5.32 Å². The Hall–Kier alpha value is -0.0800. The molecule has 0 saturated carbocycles. The van der Waals surface area contributed by atoms with E-state index >= 15 is 0 Å². The highest BCUT2D eigenvalue weighted by Gasteiger charge is 2.23. The zero-order valence-corrected chi connectivity index (χ0v) is 14.2. The van der Waals surface area contributed by atoms with Crippen LogP contribution in [0.5, 0.6) is 0 Å². The van der Waals surface area contributed by atoms with E-state index in [2.05, 4.69) is 17.0 Å². The van der Waals surface area contributed by atoms with Crippen LogP contribution in [-0.2, 0) is 16.4 Å². The molecular weight excluding hydrogens is 312 g/mol. The third-order valence-corrected chi connectivity index (χ3v) is 7.55. The molecule has 1 unspecified atom stereocenters. The minimum atomic E-state index is -3.33. The first kappa shape index (κ1) is 16.3. The number of thioether (sulfide) groups is 1. The predicted octanol–water partition coefficient (Wildman–Crippen LogP) is 2.07. The number of hydrogen-bond acceptors (Lipinski definition) is 5. The van der Waals surface area contributed by atoms with Gasteiger partial charge in [-0.15, -0.1) is 11.3 Å². The Morgan fingerprint density at radius 3 is 2.95 bits per heavy atom. The van der Waals surface area contributed by atoms with Gasteiger partial charge in [-0.1, -0.05) is 6.92 Å². The van der Waals surface area contributed by atoms with Crippen LogP contribution in [0.3, 0.4) is 0 Å². The molecule has 1 aliphatic heterocycles. The van der Waals surface area contributed by atoms with E-state index < -0.39 is 10.0 Å². The number of nitrogens with one attached hydrogen (secondary N) is 2. The number of rotatable bonds is 7. The van der Waals surface area contributed by atoms with Crippen molar-refractivity contribution in [2.24, 2.45) is 0 Å². The molecule has 114 valence electrons. The molecule has 2 rings (SSSR count). The summed E-state index contributed by atoms with van der Waals surface area (Å²) in [7, 11) is -3.33. The summed E-state index contributed by atoms with van der Waals surface area (Å²) >= 11 is 3.21. The third-order valence-electron chi connectivity index (χ3n) is 3.18. The first-order valence-electron chi connectivity index (χ1n) is 7.01. The normalized spacial score (nSPS) is 20.1. The van der Waals surface area contributed by atoms with Gasteiger partial charge in [0, 0.05) is 16.7 Å². The summed E-state index contributed by atoms with van der Waals surface area (Å²) in [5.41, 5.74) is 0. The minimum Gasteiger partial charge on any atom is -0.317 e. The van der Waals surface area contributed by atoms with Crippen molar-refractivity contribution >= 4 is 33.1 Å². The van der Waals surface area contributed by atoms with Crippen molar-refractivity contribution in [3.8, 4) is 0 Å². The van der Waals surface area contributed by atoms with Gasteiger partial charge in [0.2, 0.25) is 10.0 Å². The molecule has 20 heavy (non-hydrogen) atoms. The van der Waals surface area contributed by atoms with Gasteiger partial charge in [0.1, 0.15) is 4.21 Å². The summed E-state index contributed by atoms with van der Waals surface area (Å²) in [5, 5.41) is 3.25. The van der Waals surface area contributed by atoms with Crippen molar-refractivity contribution in [2.75, 3.05) is 24.6 Å². The molecule has 1 atom stereocenters. The second-order valence-corrected chi connectivity index (χ2v) is 9.12. The van der Waals surface area contributed by atoms with Crippen LogP contribution >= 0.6 is 23.1 Å². The summed E-state index contributed by atoms with van der Waals surface area (Å²) in [5.74, 6) is 2.03. The Bertz CT molecular complexity index is 507. The summed E-state index contributed by atoms with van der Waals surface area (Å²) in [6.07, 6.45) is 2.93. The molecule has 1 aromatic rings. The molecule has 1 aliphatic rings. The van der Waals surface area contributed by atoms with Crippen molar-refractivity contribution in [3.05, 3.63) is 17.0 Å². The summed E-state index contributed by atoms with van der Waals surface area (Å²) in [4.78, 5) is 1.12. The lowest BCUT2D eigenvalue weighted by molar-refractivity contribution is 0.545. The lowest BCUT2D eigenvalue weighted by Crippen LogP contribution is -2.37. The fourth-order valence-corrected chi connectivity index (χ4v) is 5.96. The topological polar surface area (TPSA) is 58.2 Å². The van der Waals surface area contributed by atoms with Gasteiger partial charge in [-0.05, 0) is 50.2 Å². The van der Waals surface area contributed by atoms with Crippen LogP contribution in [0.25, 0.3) is 0 Å². The van der Waals surface area contributed by atoms with Gasteiger partial charge in [-0.2, -0.15) is 11.8 Å². The van der Waals surface area contributed by atoms with Crippen LogP contribution in [0.4, 0.5) is 0 Å². The second kappa shape index (κ2) is 7.79. The van der Waals surface area contributed by atoms with E-state index in [1.165, 1.54) is 11.3 Å². The van der Waals surface area contributed by atoms with Gasteiger partial charge in [0.05, 0.1) is 0 Å². The average Bonchev–Trinajstić information content (AvgIpc) is 2.89. The van der Waals surface area contributed by atoms with E-state index in [4.69, 9.17) is 0 Å². The van der Waals surface area contributed by atoms with Gasteiger partial charge in [-0.3, -0.25) is 0 Å². The standard InChI is InChI=1S/C13H22N2O2S3/c1-2-14-8-7-12-5-6-13(19-12)20(16,17)15-11-4-3-9-18-10-11/h5-6,11,14-15H,2-4,7-10H2,1H3. The largest absolute Gasteiger partial charge is 0.317 e. The van der Waals surface area contributed by atoms with Crippen LogP contribution in [0.2, 0.25) is 0 Å². The summed E-state index contributed by atoms with van der Waals surface area (Å²) < 4.78 is 27.9. The molecule has 1 aromatic heterocycles. The fourth-order valence-electron chi connectivity index (χ4n) is 2.14. The molecule has 0 amide bonds. The molecule has 1 fully saturated rings. The Morgan fingerprint density at radius 1 is 1.40 bits per heavy atom. The Morgan fingerprint density at radius 2 is 2.25 bits per heavy atom. The quantitative estimate of drug-likeness (QED) is 0.750. The maximum atomic E-state index is 12.3. The molecule has 2 N–H and O–H groups in total. The first-order valence-corrected chi connectivity index (χ1v) is 10.5. The van der Waals surface area contributed by atoms with Crippen LogP contribution in [0.1, 0.15) is 24.6 Å².